The van der Waals surface area contributed by atoms with E-state index in [0.29, 0.717) is 19.4 Å². The standard InChI is InChI=1S/C15H19NO3/c1-10-5-7-11(8-6-10)9-16-14(17)12-3-2-4-13(12)15(18)19/h5-8,12-13H,2-4,9H2,1H3,(H,16,17)(H,18,19)/t12-,13+/m1/s1. The molecule has 1 amide bonds. The van der Waals surface area contributed by atoms with Gasteiger partial charge in [-0.05, 0) is 25.3 Å². The first-order chi connectivity index (χ1) is 9.08. The van der Waals surface area contributed by atoms with Crippen molar-refractivity contribution in [3.05, 3.63) is 35.4 Å². The highest BCUT2D eigenvalue weighted by molar-refractivity contribution is 5.85. The average Bonchev–Trinajstić information content (AvgIpc) is 2.87. The summed E-state index contributed by atoms with van der Waals surface area (Å²) in [6.07, 6.45) is 2.11. The fourth-order valence-electron chi connectivity index (χ4n) is 2.60. The number of carbonyl (C=O) groups is 2. The summed E-state index contributed by atoms with van der Waals surface area (Å²) < 4.78 is 0. The van der Waals surface area contributed by atoms with Crippen molar-refractivity contribution in [3.8, 4) is 0 Å². The van der Waals surface area contributed by atoms with Crippen LogP contribution in [-0.2, 0) is 16.1 Å². The summed E-state index contributed by atoms with van der Waals surface area (Å²) >= 11 is 0. The molecule has 19 heavy (non-hydrogen) atoms. The van der Waals surface area contributed by atoms with Crippen LogP contribution in [-0.4, -0.2) is 17.0 Å². The number of aryl methyl sites for hydroxylation is 1. The molecule has 2 atom stereocenters. The summed E-state index contributed by atoms with van der Waals surface area (Å²) in [7, 11) is 0. The Balaban J connectivity index is 1.90. The third kappa shape index (κ3) is 3.34. The van der Waals surface area contributed by atoms with Crippen LogP contribution in [0.2, 0.25) is 0 Å². The topological polar surface area (TPSA) is 66.4 Å². The molecule has 0 bridgehead atoms. The Bertz CT molecular complexity index is 467. The maximum Gasteiger partial charge on any atom is 0.307 e. The van der Waals surface area contributed by atoms with Crippen molar-refractivity contribution in [1.82, 2.24) is 5.32 Å². The van der Waals surface area contributed by atoms with E-state index in [1.54, 1.807) is 0 Å². The Morgan fingerprint density at radius 1 is 1.21 bits per heavy atom. The summed E-state index contributed by atoms with van der Waals surface area (Å²) in [5.74, 6) is -1.88. The number of benzene rings is 1. The summed E-state index contributed by atoms with van der Waals surface area (Å²) in [6, 6.07) is 7.94. The Kier molecular flexibility index (Phi) is 4.20. The van der Waals surface area contributed by atoms with Crippen LogP contribution in [0.25, 0.3) is 0 Å². The lowest BCUT2D eigenvalue weighted by atomic mass is 9.95. The molecule has 1 saturated carbocycles. The molecule has 1 aliphatic rings. The predicted molar refractivity (Wildman–Crippen MR) is 71.5 cm³/mol. The van der Waals surface area contributed by atoms with Gasteiger partial charge in [-0.25, -0.2) is 0 Å². The fourth-order valence-corrected chi connectivity index (χ4v) is 2.60. The number of rotatable bonds is 4. The van der Waals surface area contributed by atoms with Crippen LogP contribution < -0.4 is 5.32 Å². The van der Waals surface area contributed by atoms with E-state index in [0.717, 1.165) is 12.0 Å². The molecule has 4 heteroatoms. The maximum absolute atomic E-state index is 12.0. The second kappa shape index (κ2) is 5.87. The van der Waals surface area contributed by atoms with Gasteiger partial charge in [0.25, 0.3) is 0 Å². The molecular weight excluding hydrogens is 242 g/mol. The molecule has 1 aromatic rings. The van der Waals surface area contributed by atoms with Gasteiger partial charge in [-0.1, -0.05) is 36.2 Å². The molecule has 1 aliphatic carbocycles. The Hall–Kier alpha value is -1.84. The number of hydrogen-bond acceptors (Lipinski definition) is 2. The van der Waals surface area contributed by atoms with Crippen LogP contribution in [0.4, 0.5) is 0 Å². The largest absolute Gasteiger partial charge is 0.481 e. The van der Waals surface area contributed by atoms with Crippen LogP contribution in [0.5, 0.6) is 0 Å². The number of aliphatic carboxylic acids is 1. The van der Waals surface area contributed by atoms with Crippen LogP contribution in [0.15, 0.2) is 24.3 Å². The molecule has 0 heterocycles. The minimum absolute atomic E-state index is 0.134. The van der Waals surface area contributed by atoms with E-state index in [-0.39, 0.29) is 11.8 Å². The number of carbonyl (C=O) groups excluding carboxylic acids is 1. The van der Waals surface area contributed by atoms with Crippen molar-refractivity contribution in [3.63, 3.8) is 0 Å². The SMILES string of the molecule is Cc1ccc(CNC(=O)[C@@H]2CCC[C@@H]2C(=O)O)cc1. The van der Waals surface area contributed by atoms with Crippen LogP contribution in [0.3, 0.4) is 0 Å². The molecule has 0 radical (unpaired) electrons. The van der Waals surface area contributed by atoms with Gasteiger partial charge < -0.3 is 10.4 Å². The molecule has 0 unspecified atom stereocenters. The minimum Gasteiger partial charge on any atom is -0.481 e. The van der Waals surface area contributed by atoms with Crippen molar-refractivity contribution < 1.29 is 14.7 Å². The number of hydrogen-bond donors (Lipinski definition) is 2. The van der Waals surface area contributed by atoms with E-state index < -0.39 is 11.9 Å². The molecule has 2 rings (SSSR count). The third-order valence-electron chi connectivity index (χ3n) is 3.76. The van der Waals surface area contributed by atoms with Crippen molar-refractivity contribution in [1.29, 1.82) is 0 Å². The fraction of sp³-hybridized carbons (Fsp3) is 0.467. The van der Waals surface area contributed by atoms with Gasteiger partial charge in [0, 0.05) is 6.54 Å². The van der Waals surface area contributed by atoms with Gasteiger partial charge in [-0.2, -0.15) is 0 Å². The lowest BCUT2D eigenvalue weighted by molar-refractivity contribution is -0.146. The van der Waals surface area contributed by atoms with Crippen LogP contribution >= 0.6 is 0 Å². The molecule has 0 aromatic heterocycles. The van der Waals surface area contributed by atoms with Crippen LogP contribution in [0, 0.1) is 18.8 Å². The van der Waals surface area contributed by atoms with E-state index >= 15 is 0 Å². The Morgan fingerprint density at radius 3 is 2.47 bits per heavy atom. The van der Waals surface area contributed by atoms with Gasteiger partial charge in [0.05, 0.1) is 11.8 Å². The molecule has 2 N–H and O–H groups in total. The highest BCUT2D eigenvalue weighted by Gasteiger charge is 2.37. The van der Waals surface area contributed by atoms with E-state index in [2.05, 4.69) is 5.32 Å². The van der Waals surface area contributed by atoms with E-state index in [4.69, 9.17) is 5.11 Å². The van der Waals surface area contributed by atoms with Gasteiger partial charge in [0.2, 0.25) is 5.91 Å². The zero-order valence-corrected chi connectivity index (χ0v) is 11.1. The van der Waals surface area contributed by atoms with E-state index in [1.165, 1.54) is 5.56 Å². The molecule has 1 aromatic carbocycles. The van der Waals surface area contributed by atoms with Crippen molar-refractivity contribution >= 4 is 11.9 Å². The molecule has 0 saturated heterocycles. The van der Waals surface area contributed by atoms with Crippen molar-refractivity contribution in [2.75, 3.05) is 0 Å². The van der Waals surface area contributed by atoms with Crippen molar-refractivity contribution in [2.45, 2.75) is 32.7 Å². The highest BCUT2D eigenvalue weighted by atomic mass is 16.4. The summed E-state index contributed by atoms with van der Waals surface area (Å²) in [6.45, 7) is 2.47. The molecule has 0 spiro atoms. The first kappa shape index (κ1) is 13.6. The second-order valence-corrected chi connectivity index (χ2v) is 5.19. The first-order valence-corrected chi connectivity index (χ1v) is 6.64. The molecule has 0 aliphatic heterocycles. The van der Waals surface area contributed by atoms with Gasteiger partial charge in [0.1, 0.15) is 0 Å². The monoisotopic (exact) mass is 261 g/mol. The van der Waals surface area contributed by atoms with Crippen LogP contribution in [0.1, 0.15) is 30.4 Å². The number of carboxylic acids is 1. The lowest BCUT2D eigenvalue weighted by Gasteiger charge is -2.15. The number of nitrogens with one attached hydrogen (secondary N) is 1. The van der Waals surface area contributed by atoms with Gasteiger partial charge >= 0.3 is 5.97 Å². The maximum atomic E-state index is 12.0. The summed E-state index contributed by atoms with van der Waals surface area (Å²) in [5.41, 5.74) is 2.21. The zero-order valence-electron chi connectivity index (χ0n) is 11.1. The minimum atomic E-state index is -0.854. The van der Waals surface area contributed by atoms with Gasteiger partial charge in [-0.15, -0.1) is 0 Å². The summed E-state index contributed by atoms with van der Waals surface area (Å²) in [4.78, 5) is 23.1. The van der Waals surface area contributed by atoms with E-state index in [1.807, 2.05) is 31.2 Å². The quantitative estimate of drug-likeness (QED) is 0.872. The smallest absolute Gasteiger partial charge is 0.307 e. The third-order valence-corrected chi connectivity index (χ3v) is 3.76. The normalized spacial score (nSPS) is 22.2. The predicted octanol–water partition coefficient (Wildman–Crippen LogP) is 2.11. The number of amides is 1. The Morgan fingerprint density at radius 2 is 1.84 bits per heavy atom. The zero-order chi connectivity index (χ0) is 13.8. The van der Waals surface area contributed by atoms with Gasteiger partial charge in [0.15, 0.2) is 0 Å². The second-order valence-electron chi connectivity index (χ2n) is 5.19. The molecule has 1 fully saturated rings. The average molecular weight is 261 g/mol. The van der Waals surface area contributed by atoms with Crippen molar-refractivity contribution in [2.24, 2.45) is 11.8 Å². The molecule has 102 valence electrons. The molecular formula is C15H19NO3. The summed E-state index contributed by atoms with van der Waals surface area (Å²) in [5, 5.41) is 11.9. The first-order valence-electron chi connectivity index (χ1n) is 6.64. The number of carboxylic acid groups (broad SMARTS) is 1. The van der Waals surface area contributed by atoms with E-state index in [9.17, 15) is 9.59 Å². The highest BCUT2D eigenvalue weighted by Crippen LogP contribution is 2.32. The Labute approximate surface area is 112 Å². The van der Waals surface area contributed by atoms with Gasteiger partial charge in [-0.3, -0.25) is 9.59 Å². The molecule has 4 nitrogen and oxygen atoms in total. The lowest BCUT2D eigenvalue weighted by Crippen LogP contribution is -2.34.